The van der Waals surface area contributed by atoms with Crippen molar-refractivity contribution in [1.29, 1.82) is 0 Å². The van der Waals surface area contributed by atoms with Crippen molar-refractivity contribution in [3.63, 3.8) is 0 Å². The molecule has 2 heteroatoms. The smallest absolute Gasteiger partial charge is 0.126 e. The molecule has 0 unspecified atom stereocenters. The zero-order chi connectivity index (χ0) is 13.3. The van der Waals surface area contributed by atoms with Gasteiger partial charge in [0, 0.05) is 12.1 Å². The summed E-state index contributed by atoms with van der Waals surface area (Å²) in [6.45, 7) is 4.85. The van der Waals surface area contributed by atoms with Gasteiger partial charge in [-0.3, -0.25) is 0 Å². The lowest BCUT2D eigenvalue weighted by atomic mass is 10.1. The zero-order valence-corrected chi connectivity index (χ0v) is 11.9. The number of allylic oxidation sites excluding steroid dienone is 1. The molecule has 0 spiro atoms. The summed E-state index contributed by atoms with van der Waals surface area (Å²) in [7, 11) is 0. The second-order valence-corrected chi connectivity index (χ2v) is 5.24. The first kappa shape index (κ1) is 14.1. The highest BCUT2D eigenvalue weighted by Gasteiger charge is 2.13. The molecule has 0 bridgehead atoms. The van der Waals surface area contributed by atoms with Crippen LogP contribution >= 0.6 is 0 Å². The fourth-order valence-electron chi connectivity index (χ4n) is 2.68. The molecule has 1 N–H and O–H groups in total. The topological polar surface area (TPSA) is 21.3 Å². The van der Waals surface area contributed by atoms with Gasteiger partial charge < -0.3 is 10.1 Å². The summed E-state index contributed by atoms with van der Waals surface area (Å²) in [5.41, 5.74) is 1.15. The van der Waals surface area contributed by atoms with Crippen LogP contribution in [0.15, 0.2) is 30.3 Å². The standard InChI is InChI=1S/C17H25NO/c1-2-7-16-10-5-6-11-17(16)19-13-12-18-14-15-8-3-4-9-15/h2,5-7,10-11,15,18H,3-4,8-9,12-14H2,1H3. The van der Waals surface area contributed by atoms with E-state index >= 15 is 0 Å². The number of hydrogen-bond acceptors (Lipinski definition) is 2. The molecule has 1 aliphatic rings. The average molecular weight is 259 g/mol. The van der Waals surface area contributed by atoms with Gasteiger partial charge in [-0.25, -0.2) is 0 Å². The molecule has 1 aromatic carbocycles. The summed E-state index contributed by atoms with van der Waals surface area (Å²) in [5.74, 6) is 1.87. The summed E-state index contributed by atoms with van der Waals surface area (Å²) < 4.78 is 5.84. The van der Waals surface area contributed by atoms with E-state index in [0.29, 0.717) is 0 Å². The van der Waals surface area contributed by atoms with Gasteiger partial charge in [0.1, 0.15) is 12.4 Å². The predicted molar refractivity (Wildman–Crippen MR) is 81.5 cm³/mol. The normalized spacial score (nSPS) is 16.3. The minimum Gasteiger partial charge on any atom is -0.492 e. The number of para-hydroxylation sites is 1. The highest BCUT2D eigenvalue weighted by Crippen LogP contribution is 2.23. The Morgan fingerprint density at radius 2 is 2.05 bits per heavy atom. The molecule has 2 rings (SSSR count). The summed E-state index contributed by atoms with van der Waals surface area (Å²) in [4.78, 5) is 0. The molecule has 0 amide bonds. The summed E-state index contributed by atoms with van der Waals surface area (Å²) >= 11 is 0. The van der Waals surface area contributed by atoms with E-state index in [4.69, 9.17) is 4.74 Å². The summed E-state index contributed by atoms with van der Waals surface area (Å²) in [6.07, 6.45) is 9.76. The van der Waals surface area contributed by atoms with Crippen molar-refractivity contribution in [2.45, 2.75) is 32.6 Å². The molecule has 0 aliphatic heterocycles. The van der Waals surface area contributed by atoms with Gasteiger partial charge in [0.05, 0.1) is 0 Å². The number of benzene rings is 1. The van der Waals surface area contributed by atoms with E-state index in [1.165, 1.54) is 25.7 Å². The molecule has 1 fully saturated rings. The predicted octanol–water partition coefficient (Wildman–Crippen LogP) is 3.88. The molecule has 0 aromatic heterocycles. The molecule has 0 saturated heterocycles. The second-order valence-electron chi connectivity index (χ2n) is 5.24. The third-order valence-corrected chi connectivity index (χ3v) is 3.71. The van der Waals surface area contributed by atoms with Crippen molar-refractivity contribution < 1.29 is 4.74 Å². The van der Waals surface area contributed by atoms with Crippen LogP contribution in [0.2, 0.25) is 0 Å². The molecule has 104 valence electrons. The van der Waals surface area contributed by atoms with E-state index < -0.39 is 0 Å². The van der Waals surface area contributed by atoms with Crippen LogP contribution in [-0.2, 0) is 0 Å². The van der Waals surface area contributed by atoms with Gasteiger partial charge in [-0.2, -0.15) is 0 Å². The SMILES string of the molecule is CC=Cc1ccccc1OCCNCC1CCCC1. The van der Waals surface area contributed by atoms with Crippen molar-refractivity contribution in [1.82, 2.24) is 5.32 Å². The molecule has 1 saturated carbocycles. The Morgan fingerprint density at radius 1 is 1.26 bits per heavy atom. The van der Waals surface area contributed by atoms with Gasteiger partial charge in [-0.15, -0.1) is 0 Å². The van der Waals surface area contributed by atoms with E-state index in [1.807, 2.05) is 31.2 Å². The Bertz CT molecular complexity index is 394. The molecule has 19 heavy (non-hydrogen) atoms. The van der Waals surface area contributed by atoms with E-state index in [1.54, 1.807) is 0 Å². The quantitative estimate of drug-likeness (QED) is 0.750. The van der Waals surface area contributed by atoms with Crippen molar-refractivity contribution >= 4 is 6.08 Å². The largest absolute Gasteiger partial charge is 0.492 e. The van der Waals surface area contributed by atoms with E-state index in [0.717, 1.165) is 36.9 Å². The molecular weight excluding hydrogens is 234 g/mol. The van der Waals surface area contributed by atoms with Gasteiger partial charge >= 0.3 is 0 Å². The molecular formula is C17H25NO. The molecule has 0 radical (unpaired) electrons. The maximum atomic E-state index is 5.84. The Hall–Kier alpha value is -1.28. The third-order valence-electron chi connectivity index (χ3n) is 3.71. The van der Waals surface area contributed by atoms with Crippen molar-refractivity contribution in [2.75, 3.05) is 19.7 Å². The molecule has 1 aliphatic carbocycles. The van der Waals surface area contributed by atoms with Gasteiger partial charge in [-0.05, 0) is 38.3 Å². The van der Waals surface area contributed by atoms with Crippen molar-refractivity contribution in [3.8, 4) is 5.75 Å². The van der Waals surface area contributed by atoms with Crippen LogP contribution in [-0.4, -0.2) is 19.7 Å². The van der Waals surface area contributed by atoms with Crippen LogP contribution in [0.3, 0.4) is 0 Å². The second kappa shape index (κ2) is 8.00. The number of nitrogens with one attached hydrogen (secondary N) is 1. The Balaban J connectivity index is 1.67. The lowest BCUT2D eigenvalue weighted by Crippen LogP contribution is -2.26. The zero-order valence-electron chi connectivity index (χ0n) is 11.9. The monoisotopic (exact) mass is 259 g/mol. The molecule has 0 atom stereocenters. The van der Waals surface area contributed by atoms with Gasteiger partial charge in [0.25, 0.3) is 0 Å². The van der Waals surface area contributed by atoms with Crippen molar-refractivity contribution in [3.05, 3.63) is 35.9 Å². The summed E-state index contributed by atoms with van der Waals surface area (Å²) in [6, 6.07) is 8.18. The minimum absolute atomic E-state index is 0.737. The van der Waals surface area contributed by atoms with Crippen LogP contribution in [0.5, 0.6) is 5.75 Å². The lowest BCUT2D eigenvalue weighted by molar-refractivity contribution is 0.308. The lowest BCUT2D eigenvalue weighted by Gasteiger charge is -2.12. The molecule has 0 heterocycles. The van der Waals surface area contributed by atoms with Gasteiger partial charge in [0.15, 0.2) is 0 Å². The Morgan fingerprint density at radius 3 is 2.84 bits per heavy atom. The number of ether oxygens (including phenoxy) is 1. The van der Waals surface area contributed by atoms with E-state index in [9.17, 15) is 0 Å². The van der Waals surface area contributed by atoms with E-state index in [2.05, 4.69) is 17.5 Å². The fraction of sp³-hybridized carbons (Fsp3) is 0.529. The van der Waals surface area contributed by atoms with Crippen LogP contribution in [0.4, 0.5) is 0 Å². The maximum Gasteiger partial charge on any atom is 0.126 e. The highest BCUT2D eigenvalue weighted by atomic mass is 16.5. The van der Waals surface area contributed by atoms with Crippen LogP contribution < -0.4 is 10.1 Å². The number of rotatable bonds is 7. The Labute approximate surface area is 116 Å². The third kappa shape index (κ3) is 4.71. The molecule has 2 nitrogen and oxygen atoms in total. The van der Waals surface area contributed by atoms with Crippen molar-refractivity contribution in [2.24, 2.45) is 5.92 Å². The summed E-state index contributed by atoms with van der Waals surface area (Å²) in [5, 5.41) is 3.51. The van der Waals surface area contributed by atoms with Crippen LogP contribution in [0, 0.1) is 5.92 Å². The first-order chi connectivity index (χ1) is 9.40. The number of hydrogen-bond donors (Lipinski definition) is 1. The van der Waals surface area contributed by atoms with Crippen LogP contribution in [0.25, 0.3) is 6.08 Å². The fourth-order valence-corrected chi connectivity index (χ4v) is 2.68. The van der Waals surface area contributed by atoms with Crippen LogP contribution in [0.1, 0.15) is 38.2 Å². The first-order valence-corrected chi connectivity index (χ1v) is 7.45. The minimum atomic E-state index is 0.737. The average Bonchev–Trinajstić information content (AvgIpc) is 2.94. The highest BCUT2D eigenvalue weighted by molar-refractivity contribution is 5.56. The molecule has 1 aromatic rings. The Kier molecular flexibility index (Phi) is 5.96. The van der Waals surface area contributed by atoms with E-state index in [-0.39, 0.29) is 0 Å². The first-order valence-electron chi connectivity index (χ1n) is 7.45. The van der Waals surface area contributed by atoms with Gasteiger partial charge in [-0.1, -0.05) is 43.2 Å². The van der Waals surface area contributed by atoms with Gasteiger partial charge in [0.2, 0.25) is 0 Å². The maximum absolute atomic E-state index is 5.84.